The minimum atomic E-state index is -0.925. The highest BCUT2D eigenvalue weighted by atomic mass is 32.1. The fourth-order valence-electron chi connectivity index (χ4n) is 1.36. The largest absolute Gasteiger partial charge is 0.388 e. The zero-order chi connectivity index (χ0) is 15.3. The zero-order valence-electron chi connectivity index (χ0n) is 12.3. The van der Waals surface area contributed by atoms with Crippen molar-refractivity contribution in [1.29, 1.82) is 0 Å². The van der Waals surface area contributed by atoms with Gasteiger partial charge in [0, 0.05) is 18.3 Å². The fourth-order valence-corrected chi connectivity index (χ4v) is 2.22. The standard InChI is InChI=1S/C14H22N2O3S/c1-9(2)14(4,19)8-16-13(18)12-6-5-11(20-12)7-15-10(3)17/h5-6,9,19H,7-8H2,1-4H3,(H,15,17)(H,16,18). The van der Waals surface area contributed by atoms with Crippen LogP contribution in [0.4, 0.5) is 0 Å². The van der Waals surface area contributed by atoms with Gasteiger partial charge in [0.15, 0.2) is 0 Å². The molecule has 0 radical (unpaired) electrons. The van der Waals surface area contributed by atoms with E-state index in [9.17, 15) is 14.7 Å². The monoisotopic (exact) mass is 298 g/mol. The predicted octanol–water partition coefficient (Wildman–Crippen LogP) is 1.52. The number of rotatable bonds is 6. The van der Waals surface area contributed by atoms with Crippen LogP contribution >= 0.6 is 11.3 Å². The van der Waals surface area contributed by atoms with Gasteiger partial charge < -0.3 is 15.7 Å². The molecule has 6 heteroatoms. The molecule has 112 valence electrons. The number of carbonyl (C=O) groups excluding carboxylic acids is 2. The summed E-state index contributed by atoms with van der Waals surface area (Å²) < 4.78 is 0. The molecule has 0 saturated heterocycles. The van der Waals surface area contributed by atoms with Gasteiger partial charge in [0.1, 0.15) is 0 Å². The molecule has 5 nitrogen and oxygen atoms in total. The molecule has 1 heterocycles. The first-order valence-electron chi connectivity index (χ1n) is 6.56. The summed E-state index contributed by atoms with van der Waals surface area (Å²) in [6.07, 6.45) is 0. The molecule has 1 aromatic rings. The summed E-state index contributed by atoms with van der Waals surface area (Å²) in [6, 6.07) is 3.54. The molecule has 1 unspecified atom stereocenters. The Morgan fingerprint density at radius 3 is 2.55 bits per heavy atom. The van der Waals surface area contributed by atoms with Gasteiger partial charge >= 0.3 is 0 Å². The number of hydrogen-bond donors (Lipinski definition) is 3. The quantitative estimate of drug-likeness (QED) is 0.745. The van der Waals surface area contributed by atoms with Gasteiger partial charge in [-0.15, -0.1) is 11.3 Å². The van der Waals surface area contributed by atoms with Gasteiger partial charge in [0.25, 0.3) is 5.91 Å². The Bertz CT molecular complexity index is 481. The second-order valence-corrected chi connectivity index (χ2v) is 6.54. The fraction of sp³-hybridized carbons (Fsp3) is 0.571. The first-order chi connectivity index (χ1) is 9.22. The van der Waals surface area contributed by atoms with E-state index in [4.69, 9.17) is 0 Å². The minimum Gasteiger partial charge on any atom is -0.388 e. The summed E-state index contributed by atoms with van der Waals surface area (Å²) in [4.78, 5) is 24.3. The van der Waals surface area contributed by atoms with Crippen molar-refractivity contribution in [3.8, 4) is 0 Å². The van der Waals surface area contributed by atoms with Gasteiger partial charge in [-0.1, -0.05) is 13.8 Å². The van der Waals surface area contributed by atoms with Crippen LogP contribution in [0.2, 0.25) is 0 Å². The lowest BCUT2D eigenvalue weighted by Gasteiger charge is -2.27. The molecule has 3 N–H and O–H groups in total. The molecule has 0 bridgehead atoms. The second kappa shape index (κ2) is 6.85. The van der Waals surface area contributed by atoms with E-state index in [0.29, 0.717) is 11.4 Å². The Morgan fingerprint density at radius 2 is 2.00 bits per heavy atom. The van der Waals surface area contributed by atoms with Crippen LogP contribution < -0.4 is 10.6 Å². The lowest BCUT2D eigenvalue weighted by Crippen LogP contribution is -2.44. The number of aliphatic hydroxyl groups is 1. The molecule has 0 aliphatic rings. The van der Waals surface area contributed by atoms with Gasteiger partial charge in [-0.3, -0.25) is 9.59 Å². The Labute approximate surface area is 123 Å². The maximum Gasteiger partial charge on any atom is 0.261 e. The number of hydrogen-bond acceptors (Lipinski definition) is 4. The molecular weight excluding hydrogens is 276 g/mol. The Kier molecular flexibility index (Phi) is 5.71. The van der Waals surface area contributed by atoms with E-state index in [1.54, 1.807) is 13.0 Å². The van der Waals surface area contributed by atoms with Crippen LogP contribution in [0.1, 0.15) is 42.2 Å². The van der Waals surface area contributed by atoms with Crippen molar-refractivity contribution in [2.75, 3.05) is 6.54 Å². The Morgan fingerprint density at radius 1 is 1.35 bits per heavy atom. The lowest BCUT2D eigenvalue weighted by molar-refractivity contribution is -0.119. The molecule has 0 aliphatic heterocycles. The normalized spacial score (nSPS) is 13.9. The molecule has 0 aliphatic carbocycles. The molecule has 20 heavy (non-hydrogen) atoms. The van der Waals surface area contributed by atoms with Gasteiger partial charge in [0.05, 0.1) is 17.0 Å². The van der Waals surface area contributed by atoms with Crippen LogP contribution in [0, 0.1) is 5.92 Å². The van der Waals surface area contributed by atoms with Crippen LogP contribution in [-0.2, 0) is 11.3 Å². The van der Waals surface area contributed by atoms with E-state index < -0.39 is 5.60 Å². The maximum atomic E-state index is 12.0. The average Bonchev–Trinajstić information content (AvgIpc) is 2.82. The molecule has 1 rings (SSSR count). The van der Waals surface area contributed by atoms with Crippen LogP contribution in [0.5, 0.6) is 0 Å². The van der Waals surface area contributed by atoms with Crippen molar-refractivity contribution in [2.24, 2.45) is 5.92 Å². The first kappa shape index (κ1) is 16.7. The van der Waals surface area contributed by atoms with E-state index in [1.165, 1.54) is 18.3 Å². The molecule has 0 saturated carbocycles. The summed E-state index contributed by atoms with van der Waals surface area (Å²) in [7, 11) is 0. The molecule has 0 fully saturated rings. The summed E-state index contributed by atoms with van der Waals surface area (Å²) in [5.74, 6) is -0.246. The van der Waals surface area contributed by atoms with E-state index in [-0.39, 0.29) is 24.3 Å². The highest BCUT2D eigenvalue weighted by Gasteiger charge is 2.25. The topological polar surface area (TPSA) is 78.4 Å². The summed E-state index contributed by atoms with van der Waals surface area (Å²) in [5.41, 5.74) is -0.925. The molecule has 0 aromatic carbocycles. The van der Waals surface area contributed by atoms with Crippen molar-refractivity contribution in [2.45, 2.75) is 39.8 Å². The number of amides is 2. The predicted molar refractivity (Wildman–Crippen MR) is 79.6 cm³/mol. The molecule has 1 atom stereocenters. The van der Waals surface area contributed by atoms with Crippen molar-refractivity contribution in [3.05, 3.63) is 21.9 Å². The van der Waals surface area contributed by atoms with Crippen LogP contribution in [0.3, 0.4) is 0 Å². The van der Waals surface area contributed by atoms with Crippen LogP contribution in [0.25, 0.3) is 0 Å². The van der Waals surface area contributed by atoms with Crippen LogP contribution in [0.15, 0.2) is 12.1 Å². The van der Waals surface area contributed by atoms with Gasteiger partial charge in [-0.05, 0) is 25.0 Å². The van der Waals surface area contributed by atoms with Crippen molar-refractivity contribution < 1.29 is 14.7 Å². The Hall–Kier alpha value is -1.40. The highest BCUT2D eigenvalue weighted by molar-refractivity contribution is 7.14. The van der Waals surface area contributed by atoms with Crippen LogP contribution in [-0.4, -0.2) is 29.1 Å². The third kappa shape index (κ3) is 4.94. The zero-order valence-corrected chi connectivity index (χ0v) is 13.1. The minimum absolute atomic E-state index is 0.0569. The van der Waals surface area contributed by atoms with E-state index in [2.05, 4.69) is 10.6 Å². The second-order valence-electron chi connectivity index (χ2n) is 5.37. The number of carbonyl (C=O) groups is 2. The third-order valence-electron chi connectivity index (χ3n) is 3.25. The highest BCUT2D eigenvalue weighted by Crippen LogP contribution is 2.18. The van der Waals surface area contributed by atoms with Gasteiger partial charge in [-0.25, -0.2) is 0 Å². The number of thiophene rings is 1. The average molecular weight is 298 g/mol. The maximum absolute atomic E-state index is 12.0. The lowest BCUT2D eigenvalue weighted by atomic mass is 9.92. The SMILES string of the molecule is CC(=O)NCc1ccc(C(=O)NCC(C)(O)C(C)C)s1. The first-order valence-corrected chi connectivity index (χ1v) is 7.37. The summed E-state index contributed by atoms with van der Waals surface area (Å²) in [5, 5.41) is 15.5. The number of nitrogens with one attached hydrogen (secondary N) is 2. The van der Waals surface area contributed by atoms with E-state index in [0.717, 1.165) is 4.88 Å². The molecule has 2 amide bonds. The smallest absolute Gasteiger partial charge is 0.261 e. The van der Waals surface area contributed by atoms with Crippen molar-refractivity contribution in [3.63, 3.8) is 0 Å². The van der Waals surface area contributed by atoms with Crippen molar-refractivity contribution >= 4 is 23.2 Å². The van der Waals surface area contributed by atoms with Gasteiger partial charge in [0.2, 0.25) is 5.91 Å². The molecule has 1 aromatic heterocycles. The molecule has 0 spiro atoms. The van der Waals surface area contributed by atoms with E-state index >= 15 is 0 Å². The summed E-state index contributed by atoms with van der Waals surface area (Å²) >= 11 is 1.33. The van der Waals surface area contributed by atoms with Gasteiger partial charge in [-0.2, -0.15) is 0 Å². The van der Waals surface area contributed by atoms with Crippen molar-refractivity contribution in [1.82, 2.24) is 10.6 Å². The summed E-state index contributed by atoms with van der Waals surface area (Å²) in [6.45, 7) is 7.61. The van der Waals surface area contributed by atoms with E-state index in [1.807, 2.05) is 19.9 Å². The Balaban J connectivity index is 2.54. The third-order valence-corrected chi connectivity index (χ3v) is 4.33. The molecular formula is C14H22N2O3S.